The molecule has 8 heavy (non-hydrogen) atoms. The van der Waals surface area contributed by atoms with Crippen molar-refractivity contribution in [1.29, 1.82) is 0 Å². The zero-order valence-electron chi connectivity index (χ0n) is 5.77. The Labute approximate surface area is 50.3 Å². The summed E-state index contributed by atoms with van der Waals surface area (Å²) in [5.41, 5.74) is 0.113. The smallest absolute Gasteiger partial charge is 0.0862 e. The number of rotatable bonds is 3. The number of nitroso groups, excluding NO2 is 1. The maximum Gasteiger partial charge on any atom is 0.0862 e. The van der Waals surface area contributed by atoms with Crippen LogP contribution >= 0.6 is 0 Å². The molecule has 0 atom stereocenters. The van der Waals surface area contributed by atoms with E-state index in [2.05, 4.69) is 12.1 Å². The lowest BCUT2D eigenvalue weighted by atomic mass is 9.91. The normalized spacial score (nSPS) is 11.4. The molecule has 0 aromatic rings. The highest BCUT2D eigenvalue weighted by atomic mass is 16.3. The third-order valence-corrected chi connectivity index (χ3v) is 1.45. The van der Waals surface area contributed by atoms with Gasteiger partial charge >= 0.3 is 0 Å². The summed E-state index contributed by atoms with van der Waals surface area (Å²) in [5, 5.41) is 2.83. The molecule has 0 radical (unpaired) electrons. The van der Waals surface area contributed by atoms with Gasteiger partial charge in [-0.15, -0.1) is 0 Å². The maximum absolute atomic E-state index is 9.73. The van der Waals surface area contributed by atoms with E-state index in [1.54, 1.807) is 0 Å². The van der Waals surface area contributed by atoms with Crippen molar-refractivity contribution in [3.8, 4) is 0 Å². The summed E-state index contributed by atoms with van der Waals surface area (Å²) in [5.74, 6) is 0. The molecule has 0 aliphatic heterocycles. The highest BCUT2D eigenvalue weighted by Gasteiger charge is 2.13. The average Bonchev–Trinajstić information content (AvgIpc) is 1.67. The van der Waals surface area contributed by atoms with E-state index in [0.29, 0.717) is 6.54 Å². The lowest BCUT2D eigenvalue weighted by Gasteiger charge is -2.16. The fourth-order valence-corrected chi connectivity index (χ4v) is 0.287. The second-order valence-electron chi connectivity index (χ2n) is 2.80. The lowest BCUT2D eigenvalue weighted by Crippen LogP contribution is -2.12. The van der Waals surface area contributed by atoms with Crippen LogP contribution in [0.4, 0.5) is 0 Å². The zero-order valence-corrected chi connectivity index (χ0v) is 5.77. The van der Waals surface area contributed by atoms with Gasteiger partial charge in [-0.25, -0.2) is 0 Å². The third-order valence-electron chi connectivity index (χ3n) is 1.45. The topological polar surface area (TPSA) is 29.4 Å². The molecule has 0 aliphatic carbocycles. The number of nitrogens with zero attached hydrogens (tertiary/aromatic N) is 1. The van der Waals surface area contributed by atoms with Crippen LogP contribution in [0.1, 0.15) is 27.2 Å². The first-order valence-corrected chi connectivity index (χ1v) is 2.91. The van der Waals surface area contributed by atoms with Gasteiger partial charge in [0.05, 0.1) is 6.54 Å². The van der Waals surface area contributed by atoms with Gasteiger partial charge in [-0.2, -0.15) is 4.91 Å². The van der Waals surface area contributed by atoms with Crippen LogP contribution in [0.2, 0.25) is 0 Å². The maximum atomic E-state index is 9.73. The molecule has 0 heterocycles. The van der Waals surface area contributed by atoms with Crippen LogP contribution in [0.3, 0.4) is 0 Å². The first-order valence-electron chi connectivity index (χ1n) is 2.91. The quantitative estimate of drug-likeness (QED) is 0.518. The molecule has 0 saturated carbocycles. The minimum absolute atomic E-state index is 0.113. The third kappa shape index (κ3) is 2.72. The summed E-state index contributed by atoms with van der Waals surface area (Å²) in [6.45, 7) is 6.57. The van der Waals surface area contributed by atoms with Crippen LogP contribution in [-0.2, 0) is 0 Å². The van der Waals surface area contributed by atoms with E-state index in [1.807, 2.05) is 13.8 Å². The fraction of sp³-hybridized carbons (Fsp3) is 1.00. The van der Waals surface area contributed by atoms with Crippen molar-refractivity contribution in [2.75, 3.05) is 6.54 Å². The van der Waals surface area contributed by atoms with Crippen molar-refractivity contribution >= 4 is 0 Å². The first-order chi connectivity index (χ1) is 3.62. The molecule has 0 fully saturated rings. The van der Waals surface area contributed by atoms with Crippen LogP contribution < -0.4 is 0 Å². The van der Waals surface area contributed by atoms with Crippen LogP contribution in [0.25, 0.3) is 0 Å². The molecule has 0 aromatic carbocycles. The zero-order chi connectivity index (χ0) is 6.62. The summed E-state index contributed by atoms with van der Waals surface area (Å²) in [6.07, 6.45) is 1.01. The second-order valence-corrected chi connectivity index (χ2v) is 2.80. The van der Waals surface area contributed by atoms with Gasteiger partial charge in [0.1, 0.15) is 0 Å². The van der Waals surface area contributed by atoms with Gasteiger partial charge in [0, 0.05) is 0 Å². The second kappa shape index (κ2) is 2.80. The Balaban J connectivity index is 3.53. The molecule has 0 spiro atoms. The van der Waals surface area contributed by atoms with E-state index in [4.69, 9.17) is 0 Å². The minimum Gasteiger partial charge on any atom is -0.151 e. The predicted molar refractivity (Wildman–Crippen MR) is 34.7 cm³/mol. The van der Waals surface area contributed by atoms with Crippen molar-refractivity contribution in [2.24, 2.45) is 10.6 Å². The Hall–Kier alpha value is -0.400. The number of hydrogen-bond donors (Lipinski definition) is 0. The van der Waals surface area contributed by atoms with Gasteiger partial charge in [0.15, 0.2) is 0 Å². The summed E-state index contributed by atoms with van der Waals surface area (Å²) < 4.78 is 0. The average molecular weight is 115 g/mol. The highest BCUT2D eigenvalue weighted by molar-refractivity contribution is 4.67. The first kappa shape index (κ1) is 7.60. The van der Waals surface area contributed by atoms with Crippen molar-refractivity contribution in [3.05, 3.63) is 4.91 Å². The van der Waals surface area contributed by atoms with Crippen molar-refractivity contribution in [2.45, 2.75) is 27.2 Å². The van der Waals surface area contributed by atoms with Crippen LogP contribution in [0, 0.1) is 10.3 Å². The van der Waals surface area contributed by atoms with E-state index in [-0.39, 0.29) is 5.41 Å². The highest BCUT2D eigenvalue weighted by Crippen LogP contribution is 2.18. The van der Waals surface area contributed by atoms with E-state index in [0.717, 1.165) is 6.42 Å². The summed E-state index contributed by atoms with van der Waals surface area (Å²) in [4.78, 5) is 9.73. The Morgan fingerprint density at radius 1 is 1.50 bits per heavy atom. The van der Waals surface area contributed by atoms with Crippen molar-refractivity contribution < 1.29 is 0 Å². The van der Waals surface area contributed by atoms with E-state index < -0.39 is 0 Å². The summed E-state index contributed by atoms with van der Waals surface area (Å²) in [6, 6.07) is 0. The van der Waals surface area contributed by atoms with Gasteiger partial charge in [0.25, 0.3) is 0 Å². The van der Waals surface area contributed by atoms with E-state index >= 15 is 0 Å². The van der Waals surface area contributed by atoms with Gasteiger partial charge in [-0.1, -0.05) is 25.9 Å². The monoisotopic (exact) mass is 115 g/mol. The van der Waals surface area contributed by atoms with Crippen molar-refractivity contribution in [1.82, 2.24) is 0 Å². The Morgan fingerprint density at radius 2 is 2.00 bits per heavy atom. The Morgan fingerprint density at radius 3 is 2.12 bits per heavy atom. The molecule has 0 amide bonds. The summed E-state index contributed by atoms with van der Waals surface area (Å²) >= 11 is 0. The molecule has 0 rings (SSSR count). The van der Waals surface area contributed by atoms with Crippen LogP contribution in [0.5, 0.6) is 0 Å². The van der Waals surface area contributed by atoms with Crippen LogP contribution in [-0.4, -0.2) is 6.54 Å². The minimum atomic E-state index is 0.113. The molecule has 2 nitrogen and oxygen atoms in total. The Bertz CT molecular complexity index is 78.6. The molecule has 0 aromatic heterocycles. The van der Waals surface area contributed by atoms with Gasteiger partial charge < -0.3 is 0 Å². The molecule has 0 N–H and O–H groups in total. The van der Waals surface area contributed by atoms with Crippen LogP contribution in [0.15, 0.2) is 5.18 Å². The lowest BCUT2D eigenvalue weighted by molar-refractivity contribution is 0.365. The molecular formula is C6H13NO. The van der Waals surface area contributed by atoms with E-state index in [1.165, 1.54) is 0 Å². The molecule has 0 aliphatic rings. The molecule has 2 heteroatoms. The largest absolute Gasteiger partial charge is 0.151 e. The number of hydrogen-bond acceptors (Lipinski definition) is 2. The van der Waals surface area contributed by atoms with Gasteiger partial charge in [0.2, 0.25) is 0 Å². The van der Waals surface area contributed by atoms with E-state index in [9.17, 15) is 4.91 Å². The standard InChI is InChI=1S/C6H13NO/c1-4-6(2,3)5-7-8/h4-5H2,1-3H3. The molecule has 0 unspecified atom stereocenters. The SMILES string of the molecule is CCC(C)(C)CN=O. The molecular weight excluding hydrogens is 102 g/mol. The fourth-order valence-electron chi connectivity index (χ4n) is 0.287. The van der Waals surface area contributed by atoms with Crippen molar-refractivity contribution in [3.63, 3.8) is 0 Å². The Kier molecular flexibility index (Phi) is 2.66. The molecule has 0 saturated heterocycles. The van der Waals surface area contributed by atoms with Gasteiger partial charge in [-0.05, 0) is 11.8 Å². The predicted octanol–water partition coefficient (Wildman–Crippen LogP) is 2.19. The summed E-state index contributed by atoms with van der Waals surface area (Å²) in [7, 11) is 0. The van der Waals surface area contributed by atoms with Gasteiger partial charge in [-0.3, -0.25) is 0 Å². The molecule has 48 valence electrons. The molecule has 0 bridgehead atoms.